The lowest BCUT2D eigenvalue weighted by atomic mass is 10.2. The molecule has 2 unspecified atom stereocenters. The zero-order valence-corrected chi connectivity index (χ0v) is 9.82. The Hall–Kier alpha value is 0.100. The summed E-state index contributed by atoms with van der Waals surface area (Å²) in [7, 11) is 3.68. The van der Waals surface area contributed by atoms with E-state index in [4.69, 9.17) is 9.47 Å². The second-order valence-electron chi connectivity index (χ2n) is 2.89. The van der Waals surface area contributed by atoms with Crippen molar-refractivity contribution in [2.75, 3.05) is 24.7 Å². The molecular formula is C10H16O2S2. The summed E-state index contributed by atoms with van der Waals surface area (Å²) in [6, 6.07) is 0. The molecule has 0 spiro atoms. The fraction of sp³-hybridized carbons (Fsp3) is 0.600. The minimum absolute atomic E-state index is 0.194. The van der Waals surface area contributed by atoms with Crippen molar-refractivity contribution in [1.82, 2.24) is 0 Å². The summed E-state index contributed by atoms with van der Waals surface area (Å²) in [6.07, 6.45) is 3.94. The molecule has 1 aliphatic rings. The average molecular weight is 232 g/mol. The Kier molecular flexibility index (Phi) is 6.43. The highest BCUT2D eigenvalue weighted by Crippen LogP contribution is 2.32. The van der Waals surface area contributed by atoms with Crippen molar-refractivity contribution in [2.45, 2.75) is 12.2 Å². The highest BCUT2D eigenvalue weighted by Gasteiger charge is 2.26. The van der Waals surface area contributed by atoms with Crippen LogP contribution in [0.1, 0.15) is 0 Å². The van der Waals surface area contributed by atoms with E-state index in [1.807, 2.05) is 21.6 Å². The highest BCUT2D eigenvalue weighted by molar-refractivity contribution is 8.76. The largest absolute Gasteiger partial charge is 0.371 e. The fourth-order valence-electron chi connectivity index (χ4n) is 1.14. The first kappa shape index (κ1) is 12.2. The Morgan fingerprint density at radius 1 is 1.00 bits per heavy atom. The van der Waals surface area contributed by atoms with Gasteiger partial charge in [0.25, 0.3) is 0 Å². The topological polar surface area (TPSA) is 18.5 Å². The van der Waals surface area contributed by atoms with Gasteiger partial charge >= 0.3 is 0 Å². The molecule has 1 aliphatic heterocycles. The van der Waals surface area contributed by atoms with Crippen molar-refractivity contribution >= 4 is 21.6 Å². The Labute approximate surface area is 93.5 Å². The van der Waals surface area contributed by atoms with Crippen molar-refractivity contribution < 1.29 is 9.47 Å². The molecule has 0 aromatic rings. The molecule has 1 rings (SSSR count). The standard InChI is InChI=1S/C10H16O2S2/c1-3-5-11-9-7-13-14-8-10(9)12-6-4-2/h3-4,9-10H,1-2,5-8H2. The molecule has 4 heteroatoms. The van der Waals surface area contributed by atoms with E-state index in [-0.39, 0.29) is 12.2 Å². The van der Waals surface area contributed by atoms with Gasteiger partial charge in [0.1, 0.15) is 0 Å². The van der Waals surface area contributed by atoms with Gasteiger partial charge in [-0.05, 0) is 0 Å². The fourth-order valence-corrected chi connectivity index (χ4v) is 3.60. The summed E-state index contributed by atoms with van der Waals surface area (Å²) in [5.41, 5.74) is 0. The second kappa shape index (κ2) is 7.40. The molecule has 1 heterocycles. The first-order chi connectivity index (χ1) is 6.88. The molecular weight excluding hydrogens is 216 g/mol. The Morgan fingerprint density at radius 2 is 1.43 bits per heavy atom. The third kappa shape index (κ3) is 4.09. The molecule has 0 saturated carbocycles. The Bertz CT molecular complexity index is 165. The van der Waals surface area contributed by atoms with Gasteiger partial charge in [-0.1, -0.05) is 33.7 Å². The van der Waals surface area contributed by atoms with Crippen LogP contribution >= 0.6 is 21.6 Å². The quantitative estimate of drug-likeness (QED) is 0.517. The molecule has 0 aliphatic carbocycles. The predicted octanol–water partition coefficient (Wildman–Crippen LogP) is 2.52. The molecule has 0 amide bonds. The highest BCUT2D eigenvalue weighted by atomic mass is 33.1. The van der Waals surface area contributed by atoms with E-state index < -0.39 is 0 Å². The minimum atomic E-state index is 0.194. The van der Waals surface area contributed by atoms with Gasteiger partial charge in [0, 0.05) is 11.5 Å². The van der Waals surface area contributed by atoms with Gasteiger partial charge in [0.05, 0.1) is 25.4 Å². The Morgan fingerprint density at radius 3 is 1.79 bits per heavy atom. The lowest BCUT2D eigenvalue weighted by Crippen LogP contribution is -2.38. The van der Waals surface area contributed by atoms with Crippen LogP contribution in [0.5, 0.6) is 0 Å². The van der Waals surface area contributed by atoms with Gasteiger partial charge in [-0.2, -0.15) is 0 Å². The maximum atomic E-state index is 5.63. The molecule has 14 heavy (non-hydrogen) atoms. The van der Waals surface area contributed by atoms with Crippen LogP contribution in [-0.4, -0.2) is 36.9 Å². The van der Waals surface area contributed by atoms with Crippen molar-refractivity contribution in [3.63, 3.8) is 0 Å². The number of rotatable bonds is 6. The van der Waals surface area contributed by atoms with Crippen LogP contribution < -0.4 is 0 Å². The van der Waals surface area contributed by atoms with E-state index in [0.29, 0.717) is 13.2 Å². The lowest BCUT2D eigenvalue weighted by molar-refractivity contribution is -0.0353. The van der Waals surface area contributed by atoms with Gasteiger partial charge in [-0.15, -0.1) is 13.2 Å². The lowest BCUT2D eigenvalue weighted by Gasteiger charge is -2.29. The van der Waals surface area contributed by atoms with Gasteiger partial charge in [0.2, 0.25) is 0 Å². The molecule has 0 aromatic heterocycles. The normalized spacial score (nSPS) is 27.1. The number of hydrogen-bond donors (Lipinski definition) is 0. The summed E-state index contributed by atoms with van der Waals surface area (Å²) in [5.74, 6) is 1.97. The third-order valence-electron chi connectivity index (χ3n) is 1.82. The molecule has 2 nitrogen and oxygen atoms in total. The van der Waals surface area contributed by atoms with Crippen LogP contribution in [-0.2, 0) is 9.47 Å². The summed E-state index contributed by atoms with van der Waals surface area (Å²) < 4.78 is 11.3. The molecule has 1 fully saturated rings. The van der Waals surface area contributed by atoms with E-state index >= 15 is 0 Å². The molecule has 80 valence electrons. The summed E-state index contributed by atoms with van der Waals surface area (Å²) in [6.45, 7) is 8.48. The van der Waals surface area contributed by atoms with E-state index in [2.05, 4.69) is 13.2 Å². The number of ether oxygens (including phenoxy) is 2. The van der Waals surface area contributed by atoms with Crippen LogP contribution in [0.2, 0.25) is 0 Å². The van der Waals surface area contributed by atoms with Gasteiger partial charge < -0.3 is 9.47 Å². The monoisotopic (exact) mass is 232 g/mol. The van der Waals surface area contributed by atoms with Crippen molar-refractivity contribution in [2.24, 2.45) is 0 Å². The summed E-state index contributed by atoms with van der Waals surface area (Å²) in [5, 5.41) is 0. The van der Waals surface area contributed by atoms with Gasteiger partial charge in [-0.25, -0.2) is 0 Å². The van der Waals surface area contributed by atoms with Crippen LogP contribution in [0.15, 0.2) is 25.3 Å². The molecule has 0 aromatic carbocycles. The van der Waals surface area contributed by atoms with E-state index in [0.717, 1.165) is 11.5 Å². The first-order valence-electron chi connectivity index (χ1n) is 4.58. The van der Waals surface area contributed by atoms with Crippen molar-refractivity contribution in [1.29, 1.82) is 0 Å². The maximum absolute atomic E-state index is 5.63. The second-order valence-corrected chi connectivity index (χ2v) is 5.44. The Balaban J connectivity index is 2.33. The molecule has 2 atom stereocenters. The summed E-state index contributed by atoms with van der Waals surface area (Å²) >= 11 is 0. The maximum Gasteiger partial charge on any atom is 0.0947 e. The first-order valence-corrected chi connectivity index (χ1v) is 7.06. The van der Waals surface area contributed by atoms with E-state index in [9.17, 15) is 0 Å². The summed E-state index contributed by atoms with van der Waals surface area (Å²) in [4.78, 5) is 0. The van der Waals surface area contributed by atoms with Crippen LogP contribution in [0.4, 0.5) is 0 Å². The van der Waals surface area contributed by atoms with E-state index in [1.54, 1.807) is 12.2 Å². The van der Waals surface area contributed by atoms with Crippen LogP contribution in [0.25, 0.3) is 0 Å². The third-order valence-corrected chi connectivity index (χ3v) is 4.23. The smallest absolute Gasteiger partial charge is 0.0947 e. The van der Waals surface area contributed by atoms with Crippen LogP contribution in [0.3, 0.4) is 0 Å². The average Bonchev–Trinajstić information content (AvgIpc) is 2.24. The van der Waals surface area contributed by atoms with Crippen LogP contribution in [0, 0.1) is 0 Å². The van der Waals surface area contributed by atoms with E-state index in [1.165, 1.54) is 0 Å². The molecule has 0 N–H and O–H groups in total. The van der Waals surface area contributed by atoms with Gasteiger partial charge in [-0.3, -0.25) is 0 Å². The van der Waals surface area contributed by atoms with Crippen molar-refractivity contribution in [3.05, 3.63) is 25.3 Å². The minimum Gasteiger partial charge on any atom is -0.371 e. The SMILES string of the molecule is C=CCOC1CSSCC1OCC=C. The molecule has 0 bridgehead atoms. The van der Waals surface area contributed by atoms with Crippen molar-refractivity contribution in [3.8, 4) is 0 Å². The zero-order chi connectivity index (χ0) is 10.2. The number of hydrogen-bond acceptors (Lipinski definition) is 4. The molecule has 1 saturated heterocycles. The zero-order valence-electron chi connectivity index (χ0n) is 8.19. The van der Waals surface area contributed by atoms with Gasteiger partial charge in [0.15, 0.2) is 0 Å². The molecule has 0 radical (unpaired) electrons. The predicted molar refractivity (Wildman–Crippen MR) is 64.8 cm³/mol.